The van der Waals surface area contributed by atoms with Crippen molar-refractivity contribution in [2.24, 2.45) is 0 Å². The molecule has 3 aromatic rings. The van der Waals surface area contributed by atoms with E-state index < -0.39 is 11.7 Å². The fraction of sp³-hybridized carbons (Fsp3) is 0.485. The highest BCUT2D eigenvalue weighted by atomic mass is 16.2. The van der Waals surface area contributed by atoms with E-state index in [9.17, 15) is 9.59 Å². The summed E-state index contributed by atoms with van der Waals surface area (Å²) in [5.74, 6) is 0.426. The molecule has 0 saturated carbocycles. The number of Topliss-reactive ketones (excluding diaryl/α,β-unsaturated/α-hetero) is 1. The lowest BCUT2D eigenvalue weighted by molar-refractivity contribution is -0.112. The Hall–Kier alpha value is -3.65. The van der Waals surface area contributed by atoms with Crippen molar-refractivity contribution in [3.05, 3.63) is 70.7 Å². The number of aromatic nitrogens is 2. The number of carbonyl (C=O) groups is 2. The number of fused-ring (bicyclic) bond motifs is 1. The van der Waals surface area contributed by atoms with E-state index >= 15 is 0 Å². The number of benzene rings is 1. The van der Waals surface area contributed by atoms with Gasteiger partial charge in [-0.25, -0.2) is 4.98 Å². The summed E-state index contributed by atoms with van der Waals surface area (Å²) in [6, 6.07) is 14.4. The van der Waals surface area contributed by atoms with Crippen LogP contribution in [0, 0.1) is 13.8 Å². The number of hydrogen-bond donors (Lipinski definition) is 1. The molecule has 8 nitrogen and oxygen atoms in total. The van der Waals surface area contributed by atoms with Gasteiger partial charge in [0.1, 0.15) is 5.82 Å². The summed E-state index contributed by atoms with van der Waals surface area (Å²) in [7, 11) is 2.15. The first-order valence-electron chi connectivity index (χ1n) is 15.2. The summed E-state index contributed by atoms with van der Waals surface area (Å²) in [4.78, 5) is 38.7. The molecule has 41 heavy (non-hydrogen) atoms. The Morgan fingerprint density at radius 3 is 2.27 bits per heavy atom. The number of piperazine rings is 1. The Kier molecular flexibility index (Phi) is 7.84. The monoisotopic (exact) mass is 554 g/mol. The number of ketones is 1. The molecular weight excluding hydrogens is 512 g/mol. The van der Waals surface area contributed by atoms with Gasteiger partial charge in [-0.2, -0.15) is 0 Å². The highest BCUT2D eigenvalue weighted by Crippen LogP contribution is 2.35. The van der Waals surface area contributed by atoms with Crippen LogP contribution in [0.15, 0.2) is 42.5 Å². The van der Waals surface area contributed by atoms with Gasteiger partial charge in [0.05, 0.1) is 5.69 Å². The number of anilines is 3. The summed E-state index contributed by atoms with van der Waals surface area (Å²) in [5, 5.41) is 2.90. The van der Waals surface area contributed by atoms with Crippen molar-refractivity contribution in [1.82, 2.24) is 14.5 Å². The molecule has 2 saturated heterocycles. The fourth-order valence-electron chi connectivity index (χ4n) is 6.78. The van der Waals surface area contributed by atoms with Gasteiger partial charge >= 0.3 is 0 Å². The third-order valence-corrected chi connectivity index (χ3v) is 9.03. The summed E-state index contributed by atoms with van der Waals surface area (Å²) in [5.41, 5.74) is 6.97. The lowest BCUT2D eigenvalue weighted by Crippen LogP contribution is -2.46. The fourth-order valence-corrected chi connectivity index (χ4v) is 6.78. The Bertz CT molecular complexity index is 1390. The number of pyridine rings is 1. The second kappa shape index (κ2) is 11.7. The number of nitrogens with one attached hydrogen (secondary N) is 1. The molecule has 216 valence electrons. The number of piperidine rings is 1. The molecule has 0 atom stereocenters. The third kappa shape index (κ3) is 5.89. The summed E-state index contributed by atoms with van der Waals surface area (Å²) >= 11 is 0. The van der Waals surface area contributed by atoms with E-state index in [1.807, 2.05) is 31.2 Å². The van der Waals surface area contributed by atoms with Crippen LogP contribution < -0.4 is 15.1 Å². The summed E-state index contributed by atoms with van der Waals surface area (Å²) < 4.78 is 2.13. The molecule has 1 N–H and O–H groups in total. The molecule has 0 radical (unpaired) electrons. The molecule has 0 unspecified atom stereocenters. The van der Waals surface area contributed by atoms with Crippen molar-refractivity contribution in [3.63, 3.8) is 0 Å². The van der Waals surface area contributed by atoms with E-state index in [2.05, 4.69) is 56.8 Å². The van der Waals surface area contributed by atoms with Gasteiger partial charge in [0, 0.05) is 55.5 Å². The number of amides is 1. The van der Waals surface area contributed by atoms with Crippen molar-refractivity contribution in [3.8, 4) is 0 Å². The minimum Gasteiger partial charge on any atom is -0.368 e. The van der Waals surface area contributed by atoms with Crippen LogP contribution in [0.25, 0.3) is 0 Å². The topological polar surface area (TPSA) is 73.7 Å². The predicted octanol–water partition coefficient (Wildman–Crippen LogP) is 4.79. The van der Waals surface area contributed by atoms with E-state index in [4.69, 9.17) is 4.98 Å². The molecule has 3 aliphatic rings. The zero-order chi connectivity index (χ0) is 28.5. The van der Waals surface area contributed by atoms with E-state index in [-0.39, 0.29) is 0 Å². The van der Waals surface area contributed by atoms with Crippen LogP contribution in [0.4, 0.5) is 17.2 Å². The zero-order valence-corrected chi connectivity index (χ0v) is 24.7. The molecule has 1 amide bonds. The average Bonchev–Trinajstić information content (AvgIpc) is 3.37. The molecule has 6 rings (SSSR count). The Balaban J connectivity index is 1.11. The first-order valence-corrected chi connectivity index (χ1v) is 15.2. The molecular formula is C33H42N6O2. The van der Waals surface area contributed by atoms with Crippen LogP contribution in [0.5, 0.6) is 0 Å². The quantitative estimate of drug-likeness (QED) is 0.349. The maximum absolute atomic E-state index is 13.7. The Morgan fingerprint density at radius 2 is 1.56 bits per heavy atom. The highest BCUT2D eigenvalue weighted by molar-refractivity contribution is 6.46. The standard InChI is InChI=1S/C33H42N6O2/c1-23-20-24(2)34-30(21-23)38-18-16-37(17-19-38)27-9-7-26(8-10-27)35-33(41)32(40)31-29(25-11-14-36(3)15-12-25)22-28-6-4-5-13-39(28)31/h7-10,20-22,25H,4-6,11-19H2,1-3H3,(H,35,41). The minimum atomic E-state index is -0.548. The van der Waals surface area contributed by atoms with Crippen molar-refractivity contribution in [2.45, 2.75) is 58.4 Å². The maximum Gasteiger partial charge on any atom is 0.298 e. The van der Waals surface area contributed by atoms with E-state index in [1.54, 1.807) is 0 Å². The first-order chi connectivity index (χ1) is 19.9. The number of nitrogens with zero attached hydrogens (tertiary/aromatic N) is 5. The summed E-state index contributed by atoms with van der Waals surface area (Å²) in [6.45, 7) is 10.6. The van der Waals surface area contributed by atoms with Crippen LogP contribution in [-0.2, 0) is 17.8 Å². The lowest BCUT2D eigenvalue weighted by atomic mass is 9.88. The van der Waals surface area contributed by atoms with Crippen LogP contribution >= 0.6 is 0 Å². The van der Waals surface area contributed by atoms with Gasteiger partial charge < -0.3 is 24.6 Å². The molecule has 0 spiro atoms. The van der Waals surface area contributed by atoms with Gasteiger partial charge in [0.25, 0.3) is 11.7 Å². The molecule has 2 fully saturated rings. The molecule has 2 aromatic heterocycles. The molecule has 5 heterocycles. The van der Waals surface area contributed by atoms with E-state index in [0.29, 0.717) is 17.3 Å². The minimum absolute atomic E-state index is 0.335. The predicted molar refractivity (Wildman–Crippen MR) is 164 cm³/mol. The normalized spacial score (nSPS) is 18.3. The van der Waals surface area contributed by atoms with Crippen molar-refractivity contribution in [1.29, 1.82) is 0 Å². The number of aryl methyl sites for hydroxylation is 3. The number of hydrogen-bond acceptors (Lipinski definition) is 6. The van der Waals surface area contributed by atoms with E-state index in [0.717, 1.165) is 101 Å². The lowest BCUT2D eigenvalue weighted by Gasteiger charge is -2.37. The van der Waals surface area contributed by atoms with Crippen molar-refractivity contribution >= 4 is 28.9 Å². The summed E-state index contributed by atoms with van der Waals surface area (Å²) in [6.07, 6.45) is 5.22. The van der Waals surface area contributed by atoms with Gasteiger partial charge in [0.15, 0.2) is 0 Å². The maximum atomic E-state index is 13.7. The smallest absolute Gasteiger partial charge is 0.298 e. The van der Waals surface area contributed by atoms with Crippen LogP contribution in [-0.4, -0.2) is 72.5 Å². The van der Waals surface area contributed by atoms with Crippen LogP contribution in [0.3, 0.4) is 0 Å². The van der Waals surface area contributed by atoms with Gasteiger partial charge in [0.2, 0.25) is 0 Å². The average molecular weight is 555 g/mol. The first kappa shape index (κ1) is 27.5. The van der Waals surface area contributed by atoms with E-state index in [1.165, 1.54) is 11.3 Å². The zero-order valence-electron chi connectivity index (χ0n) is 24.7. The van der Waals surface area contributed by atoms with Gasteiger partial charge in [-0.3, -0.25) is 9.59 Å². The largest absolute Gasteiger partial charge is 0.368 e. The molecule has 1 aromatic carbocycles. The third-order valence-electron chi connectivity index (χ3n) is 9.03. The van der Waals surface area contributed by atoms with Crippen LogP contribution in [0.1, 0.15) is 64.6 Å². The SMILES string of the molecule is Cc1cc(C)nc(N2CCN(c3ccc(NC(=O)C(=O)c4c(C5CCN(C)CC5)cc5n4CCCC5)cc3)CC2)c1. The number of carbonyl (C=O) groups excluding carboxylic acids is 2. The van der Waals surface area contributed by atoms with Crippen LogP contribution in [0.2, 0.25) is 0 Å². The highest BCUT2D eigenvalue weighted by Gasteiger charge is 2.32. The molecule has 8 heteroatoms. The number of rotatable bonds is 6. The molecule has 3 aliphatic heterocycles. The van der Waals surface area contributed by atoms with Gasteiger partial charge in [-0.15, -0.1) is 0 Å². The van der Waals surface area contributed by atoms with Gasteiger partial charge in [-0.05, 0) is 126 Å². The molecule has 0 aliphatic carbocycles. The second-order valence-electron chi connectivity index (χ2n) is 12.1. The Morgan fingerprint density at radius 1 is 0.854 bits per heavy atom. The number of likely N-dealkylation sites (tertiary alicyclic amines) is 1. The second-order valence-corrected chi connectivity index (χ2v) is 12.1. The van der Waals surface area contributed by atoms with Crippen molar-refractivity contribution < 1.29 is 9.59 Å². The van der Waals surface area contributed by atoms with Crippen molar-refractivity contribution in [2.75, 3.05) is 61.4 Å². The molecule has 0 bridgehead atoms. The van der Waals surface area contributed by atoms with Gasteiger partial charge in [-0.1, -0.05) is 0 Å². The Labute approximate surface area is 243 Å².